The smallest absolute Gasteiger partial charge is 0.126 e. The number of hydrogen-bond acceptors (Lipinski definition) is 3. The predicted molar refractivity (Wildman–Crippen MR) is 69.2 cm³/mol. The summed E-state index contributed by atoms with van der Waals surface area (Å²) >= 11 is 0. The zero-order valence-corrected chi connectivity index (χ0v) is 11.1. The highest BCUT2D eigenvalue weighted by Crippen LogP contribution is 2.33. The largest absolute Gasteiger partial charge is 0.389 e. The fraction of sp³-hybridized carbons (Fsp3) is 0.571. The van der Waals surface area contributed by atoms with Crippen LogP contribution in [-0.4, -0.2) is 28.9 Å². The van der Waals surface area contributed by atoms with Gasteiger partial charge in [-0.1, -0.05) is 0 Å². The Bertz CT molecular complexity index is 457. The average molecular weight is 253 g/mol. The van der Waals surface area contributed by atoms with Crippen molar-refractivity contribution < 1.29 is 14.6 Å². The lowest BCUT2D eigenvalue weighted by molar-refractivity contribution is 0.0839. The van der Waals surface area contributed by atoms with Crippen LogP contribution >= 0.6 is 0 Å². The van der Waals surface area contributed by atoms with E-state index in [4.69, 9.17) is 0 Å². The van der Waals surface area contributed by atoms with Crippen LogP contribution in [0.15, 0.2) is 12.1 Å². The van der Waals surface area contributed by atoms with Gasteiger partial charge in [-0.05, 0) is 44.9 Å². The minimum absolute atomic E-state index is 0.305. The Morgan fingerprint density at radius 2 is 2.11 bits per heavy atom. The van der Waals surface area contributed by atoms with Gasteiger partial charge in [-0.25, -0.2) is 4.39 Å². The number of halogens is 1. The van der Waals surface area contributed by atoms with Gasteiger partial charge in [0.05, 0.1) is 11.7 Å². The molecule has 4 heteroatoms. The summed E-state index contributed by atoms with van der Waals surface area (Å²) in [7, 11) is 0. The summed E-state index contributed by atoms with van der Waals surface area (Å²) in [6.07, 6.45) is -0.0384. The predicted octanol–water partition coefficient (Wildman–Crippen LogP) is 2.15. The molecule has 0 aromatic heterocycles. The Kier molecular flexibility index (Phi) is 3.34. The molecule has 1 aliphatic rings. The number of anilines is 1. The van der Waals surface area contributed by atoms with Crippen LogP contribution in [0.25, 0.3) is 0 Å². The zero-order chi connectivity index (χ0) is 13.5. The summed E-state index contributed by atoms with van der Waals surface area (Å²) in [5.74, 6) is -0.305. The molecule has 18 heavy (non-hydrogen) atoms. The number of aliphatic hydroxyl groups is 2. The van der Waals surface area contributed by atoms with Crippen molar-refractivity contribution in [2.45, 2.75) is 38.9 Å². The lowest BCUT2D eigenvalue weighted by Crippen LogP contribution is -2.30. The van der Waals surface area contributed by atoms with Crippen LogP contribution in [0.2, 0.25) is 0 Å². The summed E-state index contributed by atoms with van der Waals surface area (Å²) < 4.78 is 13.6. The van der Waals surface area contributed by atoms with Crippen LogP contribution in [0.3, 0.4) is 0 Å². The number of hydrogen-bond donors (Lipinski definition) is 2. The molecule has 100 valence electrons. The van der Waals surface area contributed by atoms with E-state index >= 15 is 0 Å². The summed E-state index contributed by atoms with van der Waals surface area (Å²) in [5.41, 5.74) is 1.25. The van der Waals surface area contributed by atoms with Gasteiger partial charge in [0, 0.05) is 24.3 Å². The molecule has 0 aliphatic carbocycles. The second-order valence-corrected chi connectivity index (χ2v) is 5.50. The van der Waals surface area contributed by atoms with Crippen LogP contribution in [0, 0.1) is 12.7 Å². The molecular formula is C14H20FNO2. The van der Waals surface area contributed by atoms with Crippen molar-refractivity contribution in [3.05, 3.63) is 29.1 Å². The average Bonchev–Trinajstić information content (AvgIpc) is 2.62. The molecule has 1 heterocycles. The lowest BCUT2D eigenvalue weighted by atomic mass is 10.0. The van der Waals surface area contributed by atoms with Gasteiger partial charge >= 0.3 is 0 Å². The minimum Gasteiger partial charge on any atom is -0.389 e. The molecule has 1 unspecified atom stereocenters. The molecule has 1 aliphatic heterocycles. The Hall–Kier alpha value is -1.13. The van der Waals surface area contributed by atoms with Crippen LogP contribution in [0.1, 0.15) is 37.5 Å². The summed E-state index contributed by atoms with van der Waals surface area (Å²) in [6, 6.07) is 3.14. The van der Waals surface area contributed by atoms with Gasteiger partial charge < -0.3 is 15.1 Å². The minimum atomic E-state index is -0.722. The monoisotopic (exact) mass is 253 g/mol. The van der Waals surface area contributed by atoms with E-state index in [1.54, 1.807) is 26.8 Å². The number of rotatable bonds is 2. The van der Waals surface area contributed by atoms with E-state index in [1.807, 2.05) is 4.90 Å². The number of aryl methyl sites for hydroxylation is 1. The highest BCUT2D eigenvalue weighted by atomic mass is 19.1. The third-order valence-electron chi connectivity index (χ3n) is 3.55. The van der Waals surface area contributed by atoms with Gasteiger partial charge in [-0.2, -0.15) is 0 Å². The summed E-state index contributed by atoms with van der Waals surface area (Å²) in [6.45, 7) is 6.36. The maximum atomic E-state index is 13.6. The van der Waals surface area contributed by atoms with Crippen LogP contribution < -0.4 is 4.90 Å². The maximum absolute atomic E-state index is 13.6. The molecule has 2 rings (SSSR count). The van der Waals surface area contributed by atoms with Gasteiger partial charge in [-0.15, -0.1) is 0 Å². The summed E-state index contributed by atoms with van der Waals surface area (Å²) in [5, 5.41) is 19.8. The van der Waals surface area contributed by atoms with E-state index in [-0.39, 0.29) is 5.82 Å². The first-order valence-corrected chi connectivity index (χ1v) is 6.25. The number of nitrogens with zero attached hydrogens (tertiary/aromatic N) is 1. The third-order valence-corrected chi connectivity index (χ3v) is 3.55. The third kappa shape index (κ3) is 2.49. The van der Waals surface area contributed by atoms with Crippen LogP contribution in [0.4, 0.5) is 10.1 Å². The molecule has 2 atom stereocenters. The van der Waals surface area contributed by atoms with Crippen molar-refractivity contribution in [3.8, 4) is 0 Å². The molecule has 1 fully saturated rings. The van der Waals surface area contributed by atoms with E-state index in [0.29, 0.717) is 24.1 Å². The SMILES string of the molecule is Cc1cc(N2CCC(C)(O)C2)c([C@H](C)O)cc1F. The lowest BCUT2D eigenvalue weighted by Gasteiger charge is -2.25. The van der Waals surface area contributed by atoms with Crippen molar-refractivity contribution >= 4 is 5.69 Å². The molecule has 0 saturated carbocycles. The first-order valence-electron chi connectivity index (χ1n) is 6.25. The second kappa shape index (κ2) is 4.52. The number of aliphatic hydroxyl groups excluding tert-OH is 1. The van der Waals surface area contributed by atoms with E-state index in [0.717, 1.165) is 12.2 Å². The Labute approximate surface area is 107 Å². The topological polar surface area (TPSA) is 43.7 Å². The van der Waals surface area contributed by atoms with Crippen molar-refractivity contribution in [1.82, 2.24) is 0 Å². The standard InChI is InChI=1S/C14H20FNO2/c1-9-6-13(11(10(2)17)7-12(9)15)16-5-4-14(3,18)8-16/h6-7,10,17-18H,4-5,8H2,1-3H3/t10-,14?/m0/s1. The molecule has 0 bridgehead atoms. The molecule has 3 nitrogen and oxygen atoms in total. The van der Waals surface area contributed by atoms with E-state index in [1.165, 1.54) is 6.07 Å². The molecule has 0 amide bonds. The van der Waals surface area contributed by atoms with Crippen molar-refractivity contribution in [2.24, 2.45) is 0 Å². The molecule has 0 spiro atoms. The number of β-amino-alcohol motifs (C(OH)–C–C–N with tert-alkyl or cyclic N) is 1. The molecular weight excluding hydrogens is 233 g/mol. The first-order chi connectivity index (χ1) is 8.30. The quantitative estimate of drug-likeness (QED) is 0.848. The van der Waals surface area contributed by atoms with E-state index in [9.17, 15) is 14.6 Å². The van der Waals surface area contributed by atoms with Crippen molar-refractivity contribution in [3.63, 3.8) is 0 Å². The Balaban J connectivity index is 2.41. The fourth-order valence-corrected chi connectivity index (χ4v) is 2.44. The van der Waals surface area contributed by atoms with Gasteiger partial charge in [0.15, 0.2) is 0 Å². The first kappa shape index (κ1) is 13.3. The van der Waals surface area contributed by atoms with Gasteiger partial charge in [-0.3, -0.25) is 0 Å². The van der Waals surface area contributed by atoms with Crippen molar-refractivity contribution in [2.75, 3.05) is 18.0 Å². The van der Waals surface area contributed by atoms with Gasteiger partial charge in [0.1, 0.15) is 5.82 Å². The second-order valence-electron chi connectivity index (χ2n) is 5.50. The molecule has 1 aromatic rings. The molecule has 1 saturated heterocycles. The molecule has 1 aromatic carbocycles. The fourth-order valence-electron chi connectivity index (χ4n) is 2.44. The van der Waals surface area contributed by atoms with Crippen LogP contribution in [0.5, 0.6) is 0 Å². The molecule has 2 N–H and O–H groups in total. The van der Waals surface area contributed by atoms with E-state index < -0.39 is 11.7 Å². The number of benzene rings is 1. The molecule has 0 radical (unpaired) electrons. The highest BCUT2D eigenvalue weighted by Gasteiger charge is 2.32. The summed E-state index contributed by atoms with van der Waals surface area (Å²) in [4.78, 5) is 2.01. The van der Waals surface area contributed by atoms with Crippen LogP contribution in [-0.2, 0) is 0 Å². The maximum Gasteiger partial charge on any atom is 0.126 e. The van der Waals surface area contributed by atoms with Gasteiger partial charge in [0.25, 0.3) is 0 Å². The van der Waals surface area contributed by atoms with Gasteiger partial charge in [0.2, 0.25) is 0 Å². The normalized spacial score (nSPS) is 25.6. The highest BCUT2D eigenvalue weighted by molar-refractivity contribution is 5.57. The zero-order valence-electron chi connectivity index (χ0n) is 11.1. The Morgan fingerprint density at radius 3 is 2.61 bits per heavy atom. The van der Waals surface area contributed by atoms with E-state index in [2.05, 4.69) is 0 Å². The Morgan fingerprint density at radius 1 is 1.44 bits per heavy atom. The van der Waals surface area contributed by atoms with Crippen molar-refractivity contribution in [1.29, 1.82) is 0 Å².